The van der Waals surface area contributed by atoms with Crippen LogP contribution >= 0.6 is 0 Å². The van der Waals surface area contributed by atoms with Gasteiger partial charge in [-0.1, -0.05) is 0 Å². The lowest BCUT2D eigenvalue weighted by Gasteiger charge is -2.30. The minimum atomic E-state index is -0.207. The summed E-state index contributed by atoms with van der Waals surface area (Å²) in [5, 5.41) is 4.58. The molecule has 0 amide bonds. The third kappa shape index (κ3) is 3.35. The number of fused-ring (bicyclic) bond motifs is 2. The van der Waals surface area contributed by atoms with Crippen molar-refractivity contribution in [1.82, 2.24) is 24.6 Å². The van der Waals surface area contributed by atoms with Gasteiger partial charge < -0.3 is 4.90 Å². The Balaban J connectivity index is 1.54. The summed E-state index contributed by atoms with van der Waals surface area (Å²) < 4.78 is 1.33. The first-order valence-corrected chi connectivity index (χ1v) is 10.0. The molecule has 5 rings (SSSR count). The van der Waals surface area contributed by atoms with Crippen LogP contribution in [0.3, 0.4) is 0 Å². The van der Waals surface area contributed by atoms with Gasteiger partial charge in [-0.3, -0.25) is 19.6 Å². The van der Waals surface area contributed by atoms with E-state index in [9.17, 15) is 9.59 Å². The molecule has 0 fully saturated rings. The van der Waals surface area contributed by atoms with E-state index in [0.29, 0.717) is 17.8 Å². The number of anilines is 1. The van der Waals surface area contributed by atoms with Crippen LogP contribution in [0.1, 0.15) is 34.1 Å². The molecular formula is C23H20N6O2. The molecule has 0 saturated carbocycles. The van der Waals surface area contributed by atoms with E-state index in [-0.39, 0.29) is 11.3 Å². The quantitative estimate of drug-likeness (QED) is 0.478. The smallest absolute Gasteiger partial charge is 0.274 e. The van der Waals surface area contributed by atoms with Crippen molar-refractivity contribution in [2.45, 2.75) is 26.8 Å². The fraction of sp³-hybridized carbons (Fsp3) is 0.217. The summed E-state index contributed by atoms with van der Waals surface area (Å²) in [5.41, 5.74) is 5.65. The zero-order valence-corrected chi connectivity index (χ0v) is 17.2. The van der Waals surface area contributed by atoms with E-state index in [1.807, 2.05) is 19.2 Å². The predicted octanol–water partition coefficient (Wildman–Crippen LogP) is 2.62. The minimum absolute atomic E-state index is 0.00760. The van der Waals surface area contributed by atoms with Gasteiger partial charge in [0.2, 0.25) is 0 Å². The number of hydrogen-bond acceptors (Lipinski definition) is 7. The standard InChI is InChI=1S/C23H20N6O2/c1-14-9-21-25-7-4-22(31)29(21)27-23(14)28-8-5-20-17(13-28)10-16(11-26-20)19-12-24-6-3-18(19)15(2)30/h3-4,6-7,9-12H,5,8,13H2,1-2H3. The van der Waals surface area contributed by atoms with Gasteiger partial charge in [0.15, 0.2) is 17.2 Å². The molecule has 8 nitrogen and oxygen atoms in total. The first-order chi connectivity index (χ1) is 15.0. The van der Waals surface area contributed by atoms with Gasteiger partial charge >= 0.3 is 0 Å². The molecule has 0 bridgehead atoms. The van der Waals surface area contributed by atoms with Crippen molar-refractivity contribution in [2.75, 3.05) is 11.4 Å². The SMILES string of the molecule is CC(=O)c1ccncc1-c1cnc2c(c1)CN(c1nn3c(=O)ccnc3cc1C)CC2. The first kappa shape index (κ1) is 19.0. The van der Waals surface area contributed by atoms with Crippen molar-refractivity contribution < 1.29 is 4.79 Å². The zero-order chi connectivity index (χ0) is 21.5. The van der Waals surface area contributed by atoms with Crippen LogP contribution in [0, 0.1) is 6.92 Å². The van der Waals surface area contributed by atoms with Crippen molar-refractivity contribution in [2.24, 2.45) is 0 Å². The maximum Gasteiger partial charge on any atom is 0.274 e. The van der Waals surface area contributed by atoms with Gasteiger partial charge in [-0.05, 0) is 43.2 Å². The molecule has 1 aliphatic heterocycles. The highest BCUT2D eigenvalue weighted by molar-refractivity contribution is 6.00. The molecule has 0 unspecified atom stereocenters. The summed E-state index contributed by atoms with van der Waals surface area (Å²) in [6, 6.07) is 7.09. The molecule has 0 atom stereocenters. The first-order valence-electron chi connectivity index (χ1n) is 10.0. The third-order valence-corrected chi connectivity index (χ3v) is 5.59. The summed E-state index contributed by atoms with van der Waals surface area (Å²) in [6.07, 6.45) is 7.40. The number of Topliss-reactive ketones (excluding diaryl/α,β-unsaturated/α-hetero) is 1. The highest BCUT2D eigenvalue weighted by Gasteiger charge is 2.22. The maximum atomic E-state index is 12.2. The summed E-state index contributed by atoms with van der Waals surface area (Å²) >= 11 is 0. The van der Waals surface area contributed by atoms with E-state index in [4.69, 9.17) is 0 Å². The zero-order valence-electron chi connectivity index (χ0n) is 17.2. The van der Waals surface area contributed by atoms with Gasteiger partial charge in [-0.2, -0.15) is 4.52 Å². The molecule has 31 heavy (non-hydrogen) atoms. The van der Waals surface area contributed by atoms with Gasteiger partial charge in [0, 0.05) is 72.7 Å². The fourth-order valence-electron chi connectivity index (χ4n) is 4.04. The summed E-state index contributed by atoms with van der Waals surface area (Å²) in [6.45, 7) is 4.89. The van der Waals surface area contributed by atoms with Crippen molar-refractivity contribution in [3.8, 4) is 11.1 Å². The summed E-state index contributed by atoms with van der Waals surface area (Å²) in [4.78, 5) is 39.5. The van der Waals surface area contributed by atoms with E-state index in [1.165, 1.54) is 16.8 Å². The van der Waals surface area contributed by atoms with Crippen molar-refractivity contribution in [3.63, 3.8) is 0 Å². The number of aryl methyl sites for hydroxylation is 1. The monoisotopic (exact) mass is 412 g/mol. The van der Waals surface area contributed by atoms with Crippen LogP contribution in [0.2, 0.25) is 0 Å². The molecule has 8 heteroatoms. The minimum Gasteiger partial charge on any atom is -0.350 e. The van der Waals surface area contributed by atoms with Crippen LogP contribution in [0.15, 0.2) is 53.8 Å². The number of pyridine rings is 2. The van der Waals surface area contributed by atoms with Gasteiger partial charge in [-0.15, -0.1) is 5.10 Å². The summed E-state index contributed by atoms with van der Waals surface area (Å²) in [5.74, 6) is 0.747. The van der Waals surface area contributed by atoms with E-state index in [2.05, 4.69) is 31.0 Å². The average Bonchev–Trinajstić information content (AvgIpc) is 2.78. The highest BCUT2D eigenvalue weighted by Crippen LogP contribution is 2.29. The largest absolute Gasteiger partial charge is 0.350 e. The molecule has 0 aromatic carbocycles. The molecule has 1 aliphatic rings. The van der Waals surface area contributed by atoms with Gasteiger partial charge in [0.05, 0.1) is 0 Å². The highest BCUT2D eigenvalue weighted by atomic mass is 16.1. The molecule has 0 N–H and O–H groups in total. The second-order valence-electron chi connectivity index (χ2n) is 7.68. The van der Waals surface area contributed by atoms with Crippen molar-refractivity contribution in [3.05, 3.63) is 81.8 Å². The molecule has 4 aromatic heterocycles. The predicted molar refractivity (Wildman–Crippen MR) is 116 cm³/mol. The number of rotatable bonds is 3. The topological polar surface area (TPSA) is 93.4 Å². The molecular weight excluding hydrogens is 392 g/mol. The molecule has 0 spiro atoms. The van der Waals surface area contributed by atoms with Gasteiger partial charge in [0.25, 0.3) is 5.56 Å². The lowest BCUT2D eigenvalue weighted by molar-refractivity contribution is 0.101. The normalized spacial score (nSPS) is 13.3. The Morgan fingerprint density at radius 2 is 1.97 bits per heavy atom. The van der Waals surface area contributed by atoms with Crippen LogP contribution in [0.25, 0.3) is 16.8 Å². The van der Waals surface area contributed by atoms with Crippen LogP contribution in [0.5, 0.6) is 0 Å². The molecule has 0 saturated heterocycles. The molecule has 0 radical (unpaired) electrons. The van der Waals surface area contributed by atoms with E-state index < -0.39 is 0 Å². The Labute approximate surface area is 178 Å². The van der Waals surface area contributed by atoms with Crippen LogP contribution < -0.4 is 10.5 Å². The maximum absolute atomic E-state index is 12.2. The average molecular weight is 412 g/mol. The lowest BCUT2D eigenvalue weighted by Crippen LogP contribution is -2.33. The van der Waals surface area contributed by atoms with Gasteiger partial charge in [0.1, 0.15) is 0 Å². The fourth-order valence-corrected chi connectivity index (χ4v) is 4.04. The second-order valence-corrected chi connectivity index (χ2v) is 7.68. The number of aromatic nitrogens is 5. The molecule has 0 aliphatic carbocycles. The Morgan fingerprint density at radius 3 is 2.81 bits per heavy atom. The molecule has 154 valence electrons. The molecule has 5 heterocycles. The van der Waals surface area contributed by atoms with Crippen molar-refractivity contribution >= 4 is 17.2 Å². The Bertz CT molecular complexity index is 1390. The number of nitrogens with zero attached hydrogens (tertiary/aromatic N) is 6. The third-order valence-electron chi connectivity index (χ3n) is 5.59. The van der Waals surface area contributed by atoms with Crippen LogP contribution in [-0.2, 0) is 13.0 Å². The Hall–Kier alpha value is -3.94. The van der Waals surface area contributed by atoms with Crippen LogP contribution in [0.4, 0.5) is 5.82 Å². The van der Waals surface area contributed by atoms with E-state index in [0.717, 1.165) is 46.7 Å². The van der Waals surface area contributed by atoms with E-state index in [1.54, 1.807) is 25.4 Å². The number of ketones is 1. The Morgan fingerprint density at radius 1 is 1.10 bits per heavy atom. The van der Waals surface area contributed by atoms with E-state index >= 15 is 0 Å². The number of carbonyl (C=O) groups is 1. The lowest BCUT2D eigenvalue weighted by atomic mass is 9.97. The Kier molecular flexibility index (Phi) is 4.54. The second kappa shape index (κ2) is 7.39. The number of hydrogen-bond donors (Lipinski definition) is 0. The van der Waals surface area contributed by atoms with Crippen LogP contribution in [-0.4, -0.2) is 36.9 Å². The number of carbonyl (C=O) groups excluding carboxylic acids is 1. The van der Waals surface area contributed by atoms with Gasteiger partial charge in [-0.25, -0.2) is 4.98 Å². The summed E-state index contributed by atoms with van der Waals surface area (Å²) in [7, 11) is 0. The molecule has 4 aromatic rings. The van der Waals surface area contributed by atoms with Crippen molar-refractivity contribution in [1.29, 1.82) is 0 Å².